The average molecular weight is 241 g/mol. The molecule has 4 heteroatoms. The maximum Gasteiger partial charge on any atom is 0.239 e. The van der Waals surface area contributed by atoms with Gasteiger partial charge in [-0.05, 0) is 24.6 Å². The molecular formula is C14H15N3O. The SMILES string of the molecule is Cc1cc(N2CCNC(=O)C2)nc2ccccc12. The quantitative estimate of drug-likeness (QED) is 0.822. The first-order chi connectivity index (χ1) is 8.74. The molecule has 0 spiro atoms. The van der Waals surface area contributed by atoms with Crippen molar-refractivity contribution >= 4 is 22.6 Å². The van der Waals surface area contributed by atoms with Crippen LogP contribution in [0.15, 0.2) is 30.3 Å². The van der Waals surface area contributed by atoms with Crippen molar-refractivity contribution in [3.8, 4) is 0 Å². The Morgan fingerprint density at radius 2 is 2.17 bits per heavy atom. The molecule has 0 bridgehead atoms. The van der Waals surface area contributed by atoms with E-state index in [0.29, 0.717) is 13.1 Å². The van der Waals surface area contributed by atoms with Crippen molar-refractivity contribution in [1.29, 1.82) is 0 Å². The van der Waals surface area contributed by atoms with Crippen molar-refractivity contribution in [2.45, 2.75) is 6.92 Å². The molecule has 1 aromatic heterocycles. The zero-order valence-corrected chi connectivity index (χ0v) is 10.3. The minimum Gasteiger partial charge on any atom is -0.353 e. The second-order valence-corrected chi connectivity index (χ2v) is 4.59. The number of nitrogens with zero attached hydrogens (tertiary/aromatic N) is 2. The highest BCUT2D eigenvalue weighted by Gasteiger charge is 2.18. The first-order valence-corrected chi connectivity index (χ1v) is 6.12. The van der Waals surface area contributed by atoms with Crippen molar-refractivity contribution < 1.29 is 4.79 Å². The number of hydrogen-bond donors (Lipinski definition) is 1. The third kappa shape index (κ3) is 1.90. The minimum absolute atomic E-state index is 0.0638. The summed E-state index contributed by atoms with van der Waals surface area (Å²) in [6.07, 6.45) is 0. The summed E-state index contributed by atoms with van der Waals surface area (Å²) in [5, 5.41) is 3.99. The summed E-state index contributed by atoms with van der Waals surface area (Å²) in [6, 6.07) is 10.1. The highest BCUT2D eigenvalue weighted by atomic mass is 16.2. The van der Waals surface area contributed by atoms with Crippen LogP contribution in [0.4, 0.5) is 5.82 Å². The molecule has 0 atom stereocenters. The van der Waals surface area contributed by atoms with E-state index in [1.165, 1.54) is 10.9 Å². The van der Waals surface area contributed by atoms with E-state index in [-0.39, 0.29) is 5.91 Å². The van der Waals surface area contributed by atoms with Gasteiger partial charge in [0.15, 0.2) is 0 Å². The number of pyridine rings is 1. The number of nitrogens with one attached hydrogen (secondary N) is 1. The molecule has 1 amide bonds. The van der Waals surface area contributed by atoms with E-state index in [4.69, 9.17) is 0 Å². The third-order valence-electron chi connectivity index (χ3n) is 3.27. The van der Waals surface area contributed by atoms with Crippen LogP contribution in [0.2, 0.25) is 0 Å². The molecule has 2 heterocycles. The molecule has 1 N–H and O–H groups in total. The fourth-order valence-electron chi connectivity index (χ4n) is 2.33. The van der Waals surface area contributed by atoms with Gasteiger partial charge in [0.1, 0.15) is 5.82 Å². The predicted octanol–water partition coefficient (Wildman–Crippen LogP) is 1.48. The Morgan fingerprint density at radius 3 is 3.00 bits per heavy atom. The Bertz CT molecular complexity index is 609. The number of amides is 1. The van der Waals surface area contributed by atoms with Gasteiger partial charge in [0.05, 0.1) is 12.1 Å². The number of rotatable bonds is 1. The molecule has 0 saturated carbocycles. The van der Waals surface area contributed by atoms with Crippen LogP contribution < -0.4 is 10.2 Å². The molecule has 18 heavy (non-hydrogen) atoms. The Hall–Kier alpha value is -2.10. The van der Waals surface area contributed by atoms with E-state index in [1.807, 2.05) is 23.1 Å². The van der Waals surface area contributed by atoms with Gasteiger partial charge in [0, 0.05) is 18.5 Å². The Morgan fingerprint density at radius 1 is 1.33 bits per heavy atom. The molecule has 1 aromatic carbocycles. The first kappa shape index (κ1) is 11.0. The Kier molecular flexibility index (Phi) is 2.63. The monoisotopic (exact) mass is 241 g/mol. The number of aromatic nitrogens is 1. The molecule has 4 nitrogen and oxygen atoms in total. The van der Waals surface area contributed by atoms with Gasteiger partial charge in [-0.25, -0.2) is 4.98 Å². The molecule has 92 valence electrons. The molecule has 1 aliphatic rings. The lowest BCUT2D eigenvalue weighted by molar-refractivity contribution is -0.120. The molecule has 1 saturated heterocycles. The number of carbonyl (C=O) groups excluding carboxylic acids is 1. The number of piperazine rings is 1. The first-order valence-electron chi connectivity index (χ1n) is 6.12. The molecule has 0 radical (unpaired) electrons. The summed E-state index contributed by atoms with van der Waals surface area (Å²) >= 11 is 0. The van der Waals surface area contributed by atoms with Gasteiger partial charge < -0.3 is 10.2 Å². The number of para-hydroxylation sites is 1. The number of hydrogen-bond acceptors (Lipinski definition) is 3. The zero-order chi connectivity index (χ0) is 12.5. The highest BCUT2D eigenvalue weighted by Crippen LogP contribution is 2.22. The van der Waals surface area contributed by atoms with Gasteiger partial charge in [0.25, 0.3) is 0 Å². The average Bonchev–Trinajstić information content (AvgIpc) is 2.39. The summed E-state index contributed by atoms with van der Waals surface area (Å²) in [4.78, 5) is 18.1. The van der Waals surface area contributed by atoms with E-state index in [0.717, 1.165) is 17.9 Å². The van der Waals surface area contributed by atoms with Crippen LogP contribution in [0, 0.1) is 6.92 Å². The van der Waals surface area contributed by atoms with Crippen molar-refractivity contribution in [3.63, 3.8) is 0 Å². The van der Waals surface area contributed by atoms with Crippen LogP contribution in [0.1, 0.15) is 5.56 Å². The van der Waals surface area contributed by atoms with Crippen LogP contribution in [0.5, 0.6) is 0 Å². The molecule has 0 unspecified atom stereocenters. The largest absolute Gasteiger partial charge is 0.353 e. The van der Waals surface area contributed by atoms with Crippen LogP contribution in [-0.2, 0) is 4.79 Å². The topological polar surface area (TPSA) is 45.2 Å². The van der Waals surface area contributed by atoms with Gasteiger partial charge >= 0.3 is 0 Å². The molecular weight excluding hydrogens is 226 g/mol. The molecule has 2 aromatic rings. The summed E-state index contributed by atoms with van der Waals surface area (Å²) in [5.74, 6) is 0.954. The predicted molar refractivity (Wildman–Crippen MR) is 71.7 cm³/mol. The lowest BCUT2D eigenvalue weighted by atomic mass is 10.1. The number of benzene rings is 1. The molecule has 3 rings (SSSR count). The van der Waals surface area contributed by atoms with Crippen LogP contribution in [-0.4, -0.2) is 30.5 Å². The smallest absolute Gasteiger partial charge is 0.239 e. The van der Waals surface area contributed by atoms with Gasteiger partial charge in [-0.2, -0.15) is 0 Å². The summed E-state index contributed by atoms with van der Waals surface area (Å²) in [6.45, 7) is 3.98. The van der Waals surface area contributed by atoms with Gasteiger partial charge in [-0.3, -0.25) is 4.79 Å². The molecule has 0 aliphatic carbocycles. The van der Waals surface area contributed by atoms with Crippen molar-refractivity contribution in [1.82, 2.24) is 10.3 Å². The van der Waals surface area contributed by atoms with Crippen LogP contribution >= 0.6 is 0 Å². The second-order valence-electron chi connectivity index (χ2n) is 4.59. The Balaban J connectivity index is 2.04. The van der Waals surface area contributed by atoms with Crippen LogP contribution in [0.3, 0.4) is 0 Å². The minimum atomic E-state index is 0.0638. The maximum atomic E-state index is 11.4. The number of carbonyl (C=O) groups is 1. The normalized spacial score (nSPS) is 15.8. The summed E-state index contributed by atoms with van der Waals surface area (Å²) < 4.78 is 0. The van der Waals surface area contributed by atoms with E-state index in [2.05, 4.69) is 29.4 Å². The maximum absolute atomic E-state index is 11.4. The van der Waals surface area contributed by atoms with E-state index >= 15 is 0 Å². The van der Waals surface area contributed by atoms with Gasteiger partial charge in [-0.1, -0.05) is 18.2 Å². The van der Waals surface area contributed by atoms with Gasteiger partial charge in [0.2, 0.25) is 5.91 Å². The standard InChI is InChI=1S/C14H15N3O/c1-10-8-13(17-7-6-15-14(18)9-17)16-12-5-3-2-4-11(10)12/h2-5,8H,6-7,9H2,1H3,(H,15,18). The fourth-order valence-corrected chi connectivity index (χ4v) is 2.33. The van der Waals surface area contributed by atoms with Crippen molar-refractivity contribution in [3.05, 3.63) is 35.9 Å². The zero-order valence-electron chi connectivity index (χ0n) is 10.3. The van der Waals surface area contributed by atoms with E-state index in [9.17, 15) is 4.79 Å². The van der Waals surface area contributed by atoms with E-state index < -0.39 is 0 Å². The Labute approximate surface area is 106 Å². The summed E-state index contributed by atoms with van der Waals surface area (Å²) in [5.41, 5.74) is 2.18. The van der Waals surface area contributed by atoms with E-state index in [1.54, 1.807) is 0 Å². The third-order valence-corrected chi connectivity index (χ3v) is 3.27. The van der Waals surface area contributed by atoms with Crippen molar-refractivity contribution in [2.24, 2.45) is 0 Å². The molecule has 1 fully saturated rings. The number of anilines is 1. The summed E-state index contributed by atoms with van der Waals surface area (Å²) in [7, 11) is 0. The second kappa shape index (κ2) is 4.29. The fraction of sp³-hybridized carbons (Fsp3) is 0.286. The number of aryl methyl sites for hydroxylation is 1. The van der Waals surface area contributed by atoms with Gasteiger partial charge in [-0.15, -0.1) is 0 Å². The lowest BCUT2D eigenvalue weighted by Gasteiger charge is -2.28. The van der Waals surface area contributed by atoms with Crippen LogP contribution in [0.25, 0.3) is 10.9 Å². The molecule has 1 aliphatic heterocycles. The van der Waals surface area contributed by atoms with Crippen molar-refractivity contribution in [2.75, 3.05) is 24.5 Å². The highest BCUT2D eigenvalue weighted by molar-refractivity contribution is 5.86. The lowest BCUT2D eigenvalue weighted by Crippen LogP contribution is -2.48. The number of fused-ring (bicyclic) bond motifs is 1.